The van der Waals surface area contributed by atoms with Crippen LogP contribution < -0.4 is 15.1 Å². The summed E-state index contributed by atoms with van der Waals surface area (Å²) in [4.78, 5) is 15.9. The highest BCUT2D eigenvalue weighted by Gasteiger charge is 2.29. The second kappa shape index (κ2) is 6.86. The van der Waals surface area contributed by atoms with Crippen LogP contribution in [0.1, 0.15) is 18.9 Å². The second-order valence-corrected chi connectivity index (χ2v) is 5.99. The van der Waals surface area contributed by atoms with Crippen molar-refractivity contribution in [1.82, 2.24) is 0 Å². The molecule has 0 saturated carbocycles. The molecule has 4 nitrogen and oxygen atoms in total. The van der Waals surface area contributed by atoms with E-state index in [1.807, 2.05) is 24.0 Å². The number of amides is 1. The summed E-state index contributed by atoms with van der Waals surface area (Å²) in [6.45, 7) is 5.03. The molecule has 0 bridgehead atoms. The summed E-state index contributed by atoms with van der Waals surface area (Å²) < 4.78 is 0. The van der Waals surface area contributed by atoms with E-state index in [-0.39, 0.29) is 11.9 Å². The van der Waals surface area contributed by atoms with Crippen LogP contribution in [0, 0.1) is 0 Å². The Labute approximate surface area is 121 Å². The van der Waals surface area contributed by atoms with Crippen molar-refractivity contribution in [3.63, 3.8) is 0 Å². The Morgan fingerprint density at radius 1 is 1.40 bits per heavy atom. The quantitative estimate of drug-likeness (QED) is 0.648. The number of carbonyl (C=O) groups is 1. The number of nitrogens with zero attached hydrogens (tertiary/aromatic N) is 1. The molecule has 1 aliphatic heterocycles. The fraction of sp³-hybridized carbons (Fsp3) is 0.562. The number of para-hydroxylation sites is 1. The van der Waals surface area contributed by atoms with E-state index in [0.717, 1.165) is 38.2 Å². The Bertz CT molecular complexity index is 459. The average molecular weight is 277 g/mol. The standard InChI is InChI=1S/C16H25N3O/c1-13(17-10-6-11-18(2)3)16(20)19-12-9-14-7-4-5-8-15(14)19/h4-5,7-8,13,17H,6,9-12H2,1-3H3/p+2/t13-/m0/s1. The van der Waals surface area contributed by atoms with Gasteiger partial charge in [0.05, 0.1) is 27.2 Å². The first-order valence-corrected chi connectivity index (χ1v) is 7.61. The molecule has 3 N–H and O–H groups in total. The Morgan fingerprint density at radius 2 is 2.15 bits per heavy atom. The summed E-state index contributed by atoms with van der Waals surface area (Å²) in [5.41, 5.74) is 2.40. The van der Waals surface area contributed by atoms with Gasteiger partial charge < -0.3 is 15.1 Å². The van der Waals surface area contributed by atoms with Crippen molar-refractivity contribution < 1.29 is 15.0 Å². The van der Waals surface area contributed by atoms with Gasteiger partial charge in [-0.3, -0.25) is 4.79 Å². The molecule has 0 aliphatic carbocycles. The molecule has 0 saturated heterocycles. The lowest BCUT2D eigenvalue weighted by atomic mass is 10.2. The molecule has 20 heavy (non-hydrogen) atoms. The molecule has 0 unspecified atom stereocenters. The highest BCUT2D eigenvalue weighted by atomic mass is 16.2. The van der Waals surface area contributed by atoms with Crippen LogP contribution in [0.25, 0.3) is 0 Å². The fourth-order valence-electron chi connectivity index (χ4n) is 2.74. The molecule has 110 valence electrons. The van der Waals surface area contributed by atoms with Crippen LogP contribution >= 0.6 is 0 Å². The second-order valence-electron chi connectivity index (χ2n) is 5.99. The molecule has 1 amide bonds. The maximum Gasteiger partial charge on any atom is 0.284 e. The van der Waals surface area contributed by atoms with E-state index in [1.54, 1.807) is 0 Å². The number of nitrogens with two attached hydrogens (primary N) is 1. The molecule has 2 rings (SSSR count). The Hall–Kier alpha value is -1.39. The van der Waals surface area contributed by atoms with E-state index >= 15 is 0 Å². The maximum atomic E-state index is 12.5. The van der Waals surface area contributed by atoms with Crippen molar-refractivity contribution in [3.8, 4) is 0 Å². The fourth-order valence-corrected chi connectivity index (χ4v) is 2.74. The molecule has 0 aromatic heterocycles. The topological polar surface area (TPSA) is 41.4 Å². The van der Waals surface area contributed by atoms with Gasteiger partial charge in [-0.05, 0) is 25.0 Å². The molecule has 0 fully saturated rings. The molecular formula is C16H27N3O+2. The normalized spacial score (nSPS) is 15.5. The van der Waals surface area contributed by atoms with Gasteiger partial charge in [-0.25, -0.2) is 0 Å². The molecule has 1 heterocycles. The van der Waals surface area contributed by atoms with Crippen molar-refractivity contribution in [2.24, 2.45) is 0 Å². The lowest BCUT2D eigenvalue weighted by Crippen LogP contribution is -3.06. The van der Waals surface area contributed by atoms with Gasteiger partial charge in [0.15, 0.2) is 6.04 Å². The number of hydrogen-bond donors (Lipinski definition) is 2. The molecule has 0 radical (unpaired) electrons. The SMILES string of the molecule is C[C@H]([NH2+]CCC[NH+](C)C)C(=O)N1CCc2ccccc21. The molecule has 0 spiro atoms. The summed E-state index contributed by atoms with van der Waals surface area (Å²) in [5.74, 6) is 0.243. The highest BCUT2D eigenvalue weighted by Crippen LogP contribution is 2.27. The summed E-state index contributed by atoms with van der Waals surface area (Å²) in [7, 11) is 4.32. The summed E-state index contributed by atoms with van der Waals surface area (Å²) in [5, 5.41) is 2.17. The van der Waals surface area contributed by atoms with Gasteiger partial charge >= 0.3 is 0 Å². The number of fused-ring (bicyclic) bond motifs is 1. The van der Waals surface area contributed by atoms with Crippen molar-refractivity contribution in [1.29, 1.82) is 0 Å². The first kappa shape index (κ1) is 15.0. The third-order valence-corrected chi connectivity index (χ3v) is 3.94. The molecule has 1 atom stereocenters. The monoisotopic (exact) mass is 277 g/mol. The van der Waals surface area contributed by atoms with E-state index in [9.17, 15) is 4.79 Å². The lowest BCUT2D eigenvalue weighted by Gasteiger charge is -2.20. The number of hydrogen-bond acceptors (Lipinski definition) is 1. The summed E-state index contributed by atoms with van der Waals surface area (Å²) >= 11 is 0. The first-order chi connectivity index (χ1) is 9.59. The van der Waals surface area contributed by atoms with Crippen LogP contribution in [0.4, 0.5) is 5.69 Å². The molecular weight excluding hydrogens is 250 g/mol. The van der Waals surface area contributed by atoms with Gasteiger partial charge in [0.1, 0.15) is 0 Å². The van der Waals surface area contributed by atoms with Crippen molar-refractivity contribution >= 4 is 11.6 Å². The van der Waals surface area contributed by atoms with E-state index < -0.39 is 0 Å². The molecule has 1 aromatic rings. The van der Waals surface area contributed by atoms with Crippen molar-refractivity contribution in [2.45, 2.75) is 25.8 Å². The van der Waals surface area contributed by atoms with Crippen LogP contribution in [0.3, 0.4) is 0 Å². The molecule has 1 aromatic carbocycles. The third kappa shape index (κ3) is 3.58. The molecule has 1 aliphatic rings. The van der Waals surface area contributed by atoms with E-state index in [1.165, 1.54) is 10.5 Å². The van der Waals surface area contributed by atoms with Gasteiger partial charge in [-0.1, -0.05) is 18.2 Å². The van der Waals surface area contributed by atoms with Gasteiger partial charge in [0.25, 0.3) is 5.91 Å². The van der Waals surface area contributed by atoms with Crippen molar-refractivity contribution in [3.05, 3.63) is 29.8 Å². The average Bonchev–Trinajstić information content (AvgIpc) is 2.86. The predicted molar refractivity (Wildman–Crippen MR) is 81.0 cm³/mol. The van der Waals surface area contributed by atoms with E-state index in [4.69, 9.17) is 0 Å². The van der Waals surface area contributed by atoms with Gasteiger partial charge in [0, 0.05) is 18.7 Å². The zero-order valence-electron chi connectivity index (χ0n) is 12.9. The van der Waals surface area contributed by atoms with Crippen LogP contribution in [-0.2, 0) is 11.2 Å². The number of benzene rings is 1. The van der Waals surface area contributed by atoms with Crippen LogP contribution in [0.5, 0.6) is 0 Å². The predicted octanol–water partition coefficient (Wildman–Crippen LogP) is -0.938. The minimum Gasteiger partial charge on any atom is -0.340 e. The summed E-state index contributed by atoms with van der Waals surface area (Å²) in [6, 6.07) is 8.25. The first-order valence-electron chi connectivity index (χ1n) is 7.61. The number of anilines is 1. The summed E-state index contributed by atoms with van der Waals surface area (Å²) in [6.07, 6.45) is 2.13. The lowest BCUT2D eigenvalue weighted by molar-refractivity contribution is -0.860. The molecule has 4 heteroatoms. The highest BCUT2D eigenvalue weighted by molar-refractivity contribution is 5.97. The van der Waals surface area contributed by atoms with E-state index in [0.29, 0.717) is 0 Å². The Balaban J connectivity index is 1.86. The smallest absolute Gasteiger partial charge is 0.284 e. The minimum atomic E-state index is 0.0123. The van der Waals surface area contributed by atoms with Crippen LogP contribution in [0.2, 0.25) is 0 Å². The Kier molecular flexibility index (Phi) is 5.15. The zero-order chi connectivity index (χ0) is 14.5. The van der Waals surface area contributed by atoms with Gasteiger partial charge in [-0.15, -0.1) is 0 Å². The van der Waals surface area contributed by atoms with Crippen LogP contribution in [0.15, 0.2) is 24.3 Å². The minimum absolute atomic E-state index is 0.0123. The maximum absolute atomic E-state index is 12.5. The number of quaternary nitrogens is 2. The van der Waals surface area contributed by atoms with Gasteiger partial charge in [-0.2, -0.15) is 0 Å². The Morgan fingerprint density at radius 3 is 2.90 bits per heavy atom. The zero-order valence-corrected chi connectivity index (χ0v) is 12.9. The largest absolute Gasteiger partial charge is 0.340 e. The number of carbonyl (C=O) groups excluding carboxylic acids is 1. The third-order valence-electron chi connectivity index (χ3n) is 3.94. The van der Waals surface area contributed by atoms with Gasteiger partial charge in [0.2, 0.25) is 0 Å². The number of rotatable bonds is 6. The van der Waals surface area contributed by atoms with E-state index in [2.05, 4.69) is 31.5 Å². The number of nitrogens with one attached hydrogen (secondary N) is 1. The van der Waals surface area contributed by atoms with Crippen LogP contribution in [-0.4, -0.2) is 45.7 Å². The van der Waals surface area contributed by atoms with Crippen molar-refractivity contribution in [2.75, 3.05) is 38.6 Å².